The fourth-order valence-electron chi connectivity index (χ4n) is 1.90. The number of rotatable bonds is 5. The van der Waals surface area contributed by atoms with E-state index in [4.69, 9.17) is 10.2 Å². The van der Waals surface area contributed by atoms with Gasteiger partial charge in [-0.15, -0.1) is 10.2 Å². The lowest BCUT2D eigenvalue weighted by Gasteiger charge is -2.22. The highest BCUT2D eigenvalue weighted by atomic mass is 16.4. The van der Waals surface area contributed by atoms with Crippen molar-refractivity contribution in [3.05, 3.63) is 30.7 Å². The number of anilines is 1. The van der Waals surface area contributed by atoms with E-state index in [1.807, 2.05) is 6.92 Å². The Morgan fingerprint density at radius 1 is 1.40 bits per heavy atom. The molecule has 0 saturated carbocycles. The van der Waals surface area contributed by atoms with Crippen LogP contribution in [-0.4, -0.2) is 21.6 Å². The zero-order valence-electron chi connectivity index (χ0n) is 11.6. The van der Waals surface area contributed by atoms with Crippen LogP contribution in [0.4, 0.5) is 5.69 Å². The van der Waals surface area contributed by atoms with Crippen molar-refractivity contribution >= 4 is 11.6 Å². The van der Waals surface area contributed by atoms with Gasteiger partial charge in [-0.05, 0) is 37.6 Å². The Bertz CT molecular complexity index is 561. The molecule has 0 radical (unpaired) electrons. The summed E-state index contributed by atoms with van der Waals surface area (Å²) in [6.07, 6.45) is 2.77. The van der Waals surface area contributed by atoms with Crippen LogP contribution < -0.4 is 11.1 Å². The van der Waals surface area contributed by atoms with Crippen molar-refractivity contribution in [2.45, 2.75) is 32.2 Å². The van der Waals surface area contributed by atoms with Crippen molar-refractivity contribution in [2.24, 2.45) is 5.73 Å². The third-order valence-electron chi connectivity index (χ3n) is 3.04. The molecular weight excluding hydrogens is 256 g/mol. The Morgan fingerprint density at radius 3 is 2.65 bits per heavy atom. The van der Waals surface area contributed by atoms with Gasteiger partial charge in [0.05, 0.1) is 5.54 Å². The second-order valence-corrected chi connectivity index (χ2v) is 4.94. The van der Waals surface area contributed by atoms with Gasteiger partial charge in [-0.25, -0.2) is 0 Å². The summed E-state index contributed by atoms with van der Waals surface area (Å²) in [5.41, 5.74) is 6.60. The monoisotopic (exact) mass is 274 g/mol. The molecule has 0 aliphatic rings. The van der Waals surface area contributed by atoms with E-state index in [1.165, 1.54) is 6.39 Å². The van der Waals surface area contributed by atoms with Gasteiger partial charge in [0.25, 0.3) is 0 Å². The molecule has 106 valence electrons. The summed E-state index contributed by atoms with van der Waals surface area (Å²) in [5, 5.41) is 10.2. The van der Waals surface area contributed by atoms with Crippen LogP contribution in [0.2, 0.25) is 0 Å². The molecule has 1 amide bonds. The summed E-state index contributed by atoms with van der Waals surface area (Å²) in [6, 6.07) is 7.16. The smallest absolute Gasteiger partial charge is 0.247 e. The molecule has 0 spiro atoms. The second-order valence-electron chi connectivity index (χ2n) is 4.94. The average molecular weight is 274 g/mol. The molecule has 0 fully saturated rings. The molecule has 0 bridgehead atoms. The predicted molar refractivity (Wildman–Crippen MR) is 75.9 cm³/mol. The summed E-state index contributed by atoms with van der Waals surface area (Å²) in [5.74, 6) is 0.252. The SMILES string of the molecule is CCCC(C)(N)C(=O)Nc1ccc(-c2nnco2)cc1. The van der Waals surface area contributed by atoms with E-state index in [0.29, 0.717) is 18.0 Å². The highest BCUT2D eigenvalue weighted by Gasteiger charge is 2.27. The molecule has 3 N–H and O–H groups in total. The topological polar surface area (TPSA) is 94.0 Å². The Morgan fingerprint density at radius 2 is 2.10 bits per heavy atom. The Balaban J connectivity index is 2.06. The van der Waals surface area contributed by atoms with Gasteiger partial charge < -0.3 is 15.5 Å². The van der Waals surface area contributed by atoms with Gasteiger partial charge in [-0.2, -0.15) is 0 Å². The molecule has 0 saturated heterocycles. The quantitative estimate of drug-likeness (QED) is 0.871. The van der Waals surface area contributed by atoms with Crippen LogP contribution in [0.15, 0.2) is 35.1 Å². The van der Waals surface area contributed by atoms with Crippen molar-refractivity contribution < 1.29 is 9.21 Å². The largest absolute Gasteiger partial charge is 0.423 e. The van der Waals surface area contributed by atoms with E-state index in [-0.39, 0.29) is 5.91 Å². The minimum atomic E-state index is -0.861. The summed E-state index contributed by atoms with van der Waals surface area (Å²) in [4.78, 5) is 12.1. The van der Waals surface area contributed by atoms with Crippen LogP contribution in [-0.2, 0) is 4.79 Å². The molecule has 1 aromatic carbocycles. The zero-order chi connectivity index (χ0) is 14.6. The fraction of sp³-hybridized carbons (Fsp3) is 0.357. The van der Waals surface area contributed by atoms with Crippen LogP contribution in [0.25, 0.3) is 11.5 Å². The lowest BCUT2D eigenvalue weighted by molar-refractivity contribution is -0.120. The number of carbonyl (C=O) groups excluding carboxylic acids is 1. The maximum atomic E-state index is 12.1. The number of nitrogens with two attached hydrogens (primary N) is 1. The number of hydrogen-bond acceptors (Lipinski definition) is 5. The molecular formula is C14H18N4O2. The number of aromatic nitrogens is 2. The van der Waals surface area contributed by atoms with Gasteiger partial charge in [-0.1, -0.05) is 13.3 Å². The first-order valence-electron chi connectivity index (χ1n) is 6.50. The molecule has 1 heterocycles. The third-order valence-corrected chi connectivity index (χ3v) is 3.04. The molecule has 20 heavy (non-hydrogen) atoms. The number of benzene rings is 1. The van der Waals surface area contributed by atoms with E-state index < -0.39 is 5.54 Å². The van der Waals surface area contributed by atoms with Gasteiger partial charge in [-0.3, -0.25) is 4.79 Å². The third kappa shape index (κ3) is 3.21. The summed E-state index contributed by atoms with van der Waals surface area (Å²) in [6.45, 7) is 3.73. The molecule has 0 aliphatic carbocycles. The summed E-state index contributed by atoms with van der Waals surface area (Å²) in [7, 11) is 0. The van der Waals surface area contributed by atoms with Crippen molar-refractivity contribution in [3.63, 3.8) is 0 Å². The van der Waals surface area contributed by atoms with Crippen molar-refractivity contribution in [2.75, 3.05) is 5.32 Å². The molecule has 2 aromatic rings. The van der Waals surface area contributed by atoms with Crippen LogP contribution in [0.5, 0.6) is 0 Å². The highest BCUT2D eigenvalue weighted by molar-refractivity contribution is 5.97. The van der Waals surface area contributed by atoms with Crippen LogP contribution in [0.3, 0.4) is 0 Å². The second kappa shape index (κ2) is 5.83. The number of amides is 1. The maximum absolute atomic E-state index is 12.1. The van der Waals surface area contributed by atoms with Crippen molar-refractivity contribution in [3.8, 4) is 11.5 Å². The van der Waals surface area contributed by atoms with Gasteiger partial charge in [0, 0.05) is 11.3 Å². The van der Waals surface area contributed by atoms with Gasteiger partial charge in [0.15, 0.2) is 0 Å². The lowest BCUT2D eigenvalue weighted by atomic mass is 9.96. The normalized spacial score (nSPS) is 13.8. The van der Waals surface area contributed by atoms with Gasteiger partial charge in [0.2, 0.25) is 18.2 Å². The molecule has 2 rings (SSSR count). The Labute approximate surface area is 117 Å². The molecule has 1 unspecified atom stereocenters. The minimum absolute atomic E-state index is 0.190. The average Bonchev–Trinajstić information content (AvgIpc) is 2.93. The zero-order valence-corrected chi connectivity index (χ0v) is 11.6. The fourth-order valence-corrected chi connectivity index (χ4v) is 1.90. The number of hydrogen-bond donors (Lipinski definition) is 2. The predicted octanol–water partition coefficient (Wildman–Crippen LogP) is 2.19. The number of nitrogens with zero attached hydrogens (tertiary/aromatic N) is 2. The number of nitrogens with one attached hydrogen (secondary N) is 1. The van der Waals surface area contributed by atoms with Gasteiger partial charge in [0.1, 0.15) is 0 Å². The van der Waals surface area contributed by atoms with Crippen LogP contribution >= 0.6 is 0 Å². The molecule has 1 aromatic heterocycles. The molecule has 6 heteroatoms. The minimum Gasteiger partial charge on any atom is -0.423 e. The standard InChI is InChI=1S/C14H18N4O2/c1-3-8-14(2,15)13(19)17-11-6-4-10(5-7-11)12-18-16-9-20-12/h4-7,9H,3,8,15H2,1-2H3,(H,17,19). The van der Waals surface area contributed by atoms with Crippen LogP contribution in [0.1, 0.15) is 26.7 Å². The van der Waals surface area contributed by atoms with Crippen molar-refractivity contribution in [1.29, 1.82) is 0 Å². The Kier molecular flexibility index (Phi) is 4.14. The first-order chi connectivity index (χ1) is 9.53. The first kappa shape index (κ1) is 14.2. The number of carbonyl (C=O) groups is 1. The van der Waals surface area contributed by atoms with Gasteiger partial charge >= 0.3 is 0 Å². The van der Waals surface area contributed by atoms with E-state index in [1.54, 1.807) is 31.2 Å². The maximum Gasteiger partial charge on any atom is 0.247 e. The Hall–Kier alpha value is -2.21. The lowest BCUT2D eigenvalue weighted by Crippen LogP contribution is -2.48. The first-order valence-corrected chi connectivity index (χ1v) is 6.50. The van der Waals surface area contributed by atoms with E-state index in [9.17, 15) is 4.79 Å². The highest BCUT2D eigenvalue weighted by Crippen LogP contribution is 2.20. The van der Waals surface area contributed by atoms with E-state index >= 15 is 0 Å². The molecule has 6 nitrogen and oxygen atoms in total. The summed E-state index contributed by atoms with van der Waals surface area (Å²) >= 11 is 0. The molecule has 1 atom stereocenters. The van der Waals surface area contributed by atoms with Crippen LogP contribution in [0, 0.1) is 0 Å². The summed E-state index contributed by atoms with van der Waals surface area (Å²) < 4.78 is 5.10. The van der Waals surface area contributed by atoms with E-state index in [0.717, 1.165) is 12.0 Å². The van der Waals surface area contributed by atoms with Crippen molar-refractivity contribution in [1.82, 2.24) is 10.2 Å². The van der Waals surface area contributed by atoms with E-state index in [2.05, 4.69) is 15.5 Å². The molecule has 0 aliphatic heterocycles.